The van der Waals surface area contributed by atoms with Crippen LogP contribution in [-0.2, 0) is 0 Å². The molecule has 0 unspecified atom stereocenters. The van der Waals surface area contributed by atoms with Crippen molar-refractivity contribution in [2.45, 2.75) is 58.0 Å². The van der Waals surface area contributed by atoms with Gasteiger partial charge in [-0.25, -0.2) is 9.97 Å². The molecule has 0 saturated heterocycles. The van der Waals surface area contributed by atoms with E-state index >= 15 is 0 Å². The molecule has 0 radical (unpaired) electrons. The lowest BCUT2D eigenvalue weighted by Gasteiger charge is -2.24. The molecule has 0 atom stereocenters. The van der Waals surface area contributed by atoms with Gasteiger partial charge in [-0.1, -0.05) is 26.7 Å². The van der Waals surface area contributed by atoms with Gasteiger partial charge in [0, 0.05) is 25.1 Å². The van der Waals surface area contributed by atoms with E-state index < -0.39 is 5.60 Å². The Kier molecular flexibility index (Phi) is 4.48. The molecule has 1 fully saturated rings. The Morgan fingerprint density at radius 3 is 2.35 bits per heavy atom. The molecule has 1 saturated carbocycles. The third-order valence-corrected chi connectivity index (χ3v) is 4.04. The molecule has 3 N–H and O–H groups in total. The summed E-state index contributed by atoms with van der Waals surface area (Å²) in [5.41, 5.74) is 0.424. The number of rotatable bonds is 5. The summed E-state index contributed by atoms with van der Waals surface area (Å²) in [7, 11) is 1.87. The summed E-state index contributed by atoms with van der Waals surface area (Å²) >= 11 is 0. The number of nitrogens with zero attached hydrogens (tertiary/aromatic N) is 2. The minimum absolute atomic E-state index is 0.276. The van der Waals surface area contributed by atoms with Crippen LogP contribution in [0.4, 0.5) is 11.6 Å². The average Bonchev–Trinajstić information content (AvgIpc) is 2.84. The first-order chi connectivity index (χ1) is 9.45. The van der Waals surface area contributed by atoms with E-state index in [1.54, 1.807) is 0 Å². The minimum Gasteiger partial charge on any atom is -0.388 e. The maximum Gasteiger partial charge on any atom is 0.135 e. The SMILES string of the molecule is CNc1nc(C(C)C)nc(NCC2(O)CCCC2)c1C. The second kappa shape index (κ2) is 5.95. The number of aromatic nitrogens is 2. The Bertz CT molecular complexity index is 467. The Morgan fingerprint density at radius 1 is 1.20 bits per heavy atom. The van der Waals surface area contributed by atoms with Crippen molar-refractivity contribution >= 4 is 11.6 Å². The van der Waals surface area contributed by atoms with E-state index in [1.807, 2.05) is 14.0 Å². The van der Waals surface area contributed by atoms with Gasteiger partial charge in [0.2, 0.25) is 0 Å². The molecule has 0 aromatic carbocycles. The van der Waals surface area contributed by atoms with Crippen molar-refractivity contribution in [3.63, 3.8) is 0 Å². The van der Waals surface area contributed by atoms with Crippen LogP contribution < -0.4 is 10.6 Å². The zero-order valence-corrected chi connectivity index (χ0v) is 13.0. The summed E-state index contributed by atoms with van der Waals surface area (Å²) in [5.74, 6) is 2.77. The van der Waals surface area contributed by atoms with Crippen LogP contribution in [0.1, 0.15) is 56.8 Å². The Balaban J connectivity index is 2.19. The van der Waals surface area contributed by atoms with Crippen molar-refractivity contribution in [1.29, 1.82) is 0 Å². The smallest absolute Gasteiger partial charge is 0.135 e. The van der Waals surface area contributed by atoms with E-state index in [1.165, 1.54) is 0 Å². The molecule has 5 heteroatoms. The van der Waals surface area contributed by atoms with Crippen molar-refractivity contribution < 1.29 is 5.11 Å². The van der Waals surface area contributed by atoms with Crippen molar-refractivity contribution in [3.05, 3.63) is 11.4 Å². The van der Waals surface area contributed by atoms with Gasteiger partial charge >= 0.3 is 0 Å². The van der Waals surface area contributed by atoms with E-state index in [-0.39, 0.29) is 5.92 Å². The van der Waals surface area contributed by atoms with Gasteiger partial charge in [0.15, 0.2) is 0 Å². The number of anilines is 2. The quantitative estimate of drug-likeness (QED) is 0.772. The highest BCUT2D eigenvalue weighted by atomic mass is 16.3. The first kappa shape index (κ1) is 15.0. The van der Waals surface area contributed by atoms with Crippen LogP contribution in [0.5, 0.6) is 0 Å². The highest BCUT2D eigenvalue weighted by Crippen LogP contribution is 2.30. The van der Waals surface area contributed by atoms with Crippen molar-refractivity contribution in [3.8, 4) is 0 Å². The Labute approximate surface area is 121 Å². The maximum absolute atomic E-state index is 10.4. The van der Waals surface area contributed by atoms with Gasteiger partial charge in [-0.3, -0.25) is 0 Å². The highest BCUT2D eigenvalue weighted by molar-refractivity contribution is 5.57. The maximum atomic E-state index is 10.4. The molecular weight excluding hydrogens is 252 g/mol. The van der Waals surface area contributed by atoms with E-state index in [2.05, 4.69) is 34.4 Å². The number of nitrogens with one attached hydrogen (secondary N) is 2. The Morgan fingerprint density at radius 2 is 1.80 bits per heavy atom. The lowest BCUT2D eigenvalue weighted by atomic mass is 10.0. The van der Waals surface area contributed by atoms with Crippen LogP contribution in [0.25, 0.3) is 0 Å². The van der Waals surface area contributed by atoms with Crippen LogP contribution >= 0.6 is 0 Å². The van der Waals surface area contributed by atoms with Crippen LogP contribution in [0.15, 0.2) is 0 Å². The zero-order valence-electron chi connectivity index (χ0n) is 13.0. The molecule has 0 spiro atoms. The van der Waals surface area contributed by atoms with E-state index in [0.717, 1.165) is 48.7 Å². The van der Waals surface area contributed by atoms with Gasteiger partial charge in [0.25, 0.3) is 0 Å². The molecule has 112 valence electrons. The number of hydrogen-bond acceptors (Lipinski definition) is 5. The van der Waals surface area contributed by atoms with Crippen molar-refractivity contribution in [2.75, 3.05) is 24.2 Å². The summed E-state index contributed by atoms with van der Waals surface area (Å²) in [4.78, 5) is 9.12. The van der Waals surface area contributed by atoms with E-state index in [0.29, 0.717) is 6.54 Å². The molecule has 20 heavy (non-hydrogen) atoms. The molecule has 1 aliphatic carbocycles. The fraction of sp³-hybridized carbons (Fsp3) is 0.733. The van der Waals surface area contributed by atoms with E-state index in [4.69, 9.17) is 0 Å². The monoisotopic (exact) mass is 278 g/mol. The van der Waals surface area contributed by atoms with Gasteiger partial charge < -0.3 is 15.7 Å². The normalized spacial score (nSPS) is 17.5. The lowest BCUT2D eigenvalue weighted by molar-refractivity contribution is 0.0614. The standard InChI is InChI=1S/C15H26N4O/c1-10(2)12-18-13(16-4)11(3)14(19-12)17-9-15(20)7-5-6-8-15/h10,20H,5-9H2,1-4H3,(H2,16,17,18,19). The highest BCUT2D eigenvalue weighted by Gasteiger charge is 2.31. The second-order valence-electron chi connectivity index (χ2n) is 6.09. The van der Waals surface area contributed by atoms with Crippen LogP contribution in [0.3, 0.4) is 0 Å². The van der Waals surface area contributed by atoms with Crippen molar-refractivity contribution in [2.24, 2.45) is 0 Å². The van der Waals surface area contributed by atoms with Gasteiger partial charge in [-0.15, -0.1) is 0 Å². The summed E-state index contributed by atoms with van der Waals surface area (Å²) in [6, 6.07) is 0. The van der Waals surface area contributed by atoms with Crippen LogP contribution in [-0.4, -0.2) is 34.3 Å². The second-order valence-corrected chi connectivity index (χ2v) is 6.09. The molecule has 0 bridgehead atoms. The molecular formula is C15H26N4O. The fourth-order valence-corrected chi connectivity index (χ4v) is 2.67. The molecule has 0 aliphatic heterocycles. The molecule has 1 aliphatic rings. The number of aliphatic hydroxyl groups is 1. The first-order valence-electron chi connectivity index (χ1n) is 7.48. The third-order valence-electron chi connectivity index (χ3n) is 4.04. The predicted octanol–water partition coefficient (Wildman–Crippen LogP) is 2.67. The summed E-state index contributed by atoms with van der Waals surface area (Å²) < 4.78 is 0. The van der Waals surface area contributed by atoms with Gasteiger partial charge in [-0.05, 0) is 19.8 Å². The van der Waals surface area contributed by atoms with Crippen LogP contribution in [0.2, 0.25) is 0 Å². The zero-order chi connectivity index (χ0) is 14.8. The average molecular weight is 278 g/mol. The largest absolute Gasteiger partial charge is 0.388 e. The van der Waals surface area contributed by atoms with Gasteiger partial charge in [0.1, 0.15) is 17.5 Å². The molecule has 5 nitrogen and oxygen atoms in total. The molecule has 1 aromatic heterocycles. The third kappa shape index (κ3) is 3.20. The fourth-order valence-electron chi connectivity index (χ4n) is 2.67. The van der Waals surface area contributed by atoms with Crippen molar-refractivity contribution in [1.82, 2.24) is 9.97 Å². The predicted molar refractivity (Wildman–Crippen MR) is 82.3 cm³/mol. The topological polar surface area (TPSA) is 70.1 Å². The van der Waals surface area contributed by atoms with Gasteiger partial charge in [-0.2, -0.15) is 0 Å². The lowest BCUT2D eigenvalue weighted by Crippen LogP contribution is -2.34. The summed E-state index contributed by atoms with van der Waals surface area (Å²) in [6.45, 7) is 6.72. The molecule has 1 aromatic rings. The first-order valence-corrected chi connectivity index (χ1v) is 7.48. The minimum atomic E-state index is -0.574. The summed E-state index contributed by atoms with van der Waals surface area (Å²) in [6.07, 6.45) is 3.97. The Hall–Kier alpha value is -1.36. The molecule has 0 amide bonds. The number of hydrogen-bond donors (Lipinski definition) is 3. The van der Waals surface area contributed by atoms with Gasteiger partial charge in [0.05, 0.1) is 5.60 Å². The molecule has 2 rings (SSSR count). The van der Waals surface area contributed by atoms with Crippen LogP contribution in [0, 0.1) is 6.92 Å². The van der Waals surface area contributed by atoms with E-state index in [9.17, 15) is 5.11 Å². The molecule has 1 heterocycles. The summed E-state index contributed by atoms with van der Waals surface area (Å²) in [5, 5.41) is 16.9.